The molecule has 0 aromatic heterocycles. The maximum Gasteiger partial charge on any atom is 0.252 e. The van der Waals surface area contributed by atoms with Crippen LogP contribution in [0, 0.1) is 0 Å². The summed E-state index contributed by atoms with van der Waals surface area (Å²) in [6.45, 7) is 4.01. The Labute approximate surface area is 85.8 Å². The number of rotatable bonds is 3. The lowest BCUT2D eigenvalue weighted by atomic mass is 10.2. The first-order chi connectivity index (χ1) is 6.25. The molecule has 0 unspecified atom stereocenters. The van der Waals surface area contributed by atoms with E-state index in [0.717, 1.165) is 4.47 Å². The lowest BCUT2D eigenvalue weighted by Crippen LogP contribution is -2.23. The van der Waals surface area contributed by atoms with E-state index in [-0.39, 0.29) is 5.91 Å². The summed E-state index contributed by atoms with van der Waals surface area (Å²) in [5.41, 5.74) is 0.643. The normalized spacial score (nSPS) is 9.31. The van der Waals surface area contributed by atoms with Crippen LogP contribution >= 0.6 is 15.9 Å². The summed E-state index contributed by atoms with van der Waals surface area (Å²) < 4.78 is 0.802. The number of carbonyl (C=O) groups excluding carboxylic acids is 1. The number of hydrogen-bond acceptors (Lipinski definition) is 1. The molecule has 1 N–H and O–H groups in total. The Morgan fingerprint density at radius 1 is 1.54 bits per heavy atom. The number of amides is 1. The van der Waals surface area contributed by atoms with E-state index < -0.39 is 0 Å². The van der Waals surface area contributed by atoms with Crippen molar-refractivity contribution in [3.63, 3.8) is 0 Å². The second kappa shape index (κ2) is 4.82. The predicted molar refractivity (Wildman–Crippen MR) is 56.7 cm³/mol. The third-order valence-electron chi connectivity index (χ3n) is 1.53. The van der Waals surface area contributed by atoms with Crippen LogP contribution in [0.3, 0.4) is 0 Å². The molecule has 1 amide bonds. The third kappa shape index (κ3) is 2.70. The molecule has 0 bridgehead atoms. The van der Waals surface area contributed by atoms with Crippen molar-refractivity contribution in [3.8, 4) is 0 Å². The van der Waals surface area contributed by atoms with Gasteiger partial charge < -0.3 is 5.32 Å². The van der Waals surface area contributed by atoms with Crippen LogP contribution in [-0.4, -0.2) is 12.5 Å². The van der Waals surface area contributed by atoms with Gasteiger partial charge >= 0.3 is 0 Å². The van der Waals surface area contributed by atoms with Crippen LogP contribution in [0.15, 0.2) is 41.4 Å². The van der Waals surface area contributed by atoms with E-state index in [1.54, 1.807) is 12.1 Å². The number of benzene rings is 1. The molecule has 0 spiro atoms. The lowest BCUT2D eigenvalue weighted by Gasteiger charge is -2.03. The maximum absolute atomic E-state index is 11.4. The van der Waals surface area contributed by atoms with Gasteiger partial charge in [-0.1, -0.05) is 18.2 Å². The Bertz CT molecular complexity index is 322. The number of carbonyl (C=O) groups is 1. The van der Waals surface area contributed by atoms with Crippen molar-refractivity contribution in [1.29, 1.82) is 0 Å². The van der Waals surface area contributed by atoms with Crippen LogP contribution in [0.25, 0.3) is 0 Å². The third-order valence-corrected chi connectivity index (χ3v) is 2.22. The SMILES string of the molecule is C=CCNC(=O)c1ccccc1Br. The van der Waals surface area contributed by atoms with E-state index >= 15 is 0 Å². The molecule has 68 valence electrons. The van der Waals surface area contributed by atoms with Crippen molar-refractivity contribution < 1.29 is 4.79 Å². The van der Waals surface area contributed by atoms with Crippen molar-refractivity contribution in [2.24, 2.45) is 0 Å². The molecular weight excluding hydrogens is 230 g/mol. The Kier molecular flexibility index (Phi) is 3.71. The van der Waals surface area contributed by atoms with E-state index in [2.05, 4.69) is 27.8 Å². The molecule has 0 aliphatic heterocycles. The standard InChI is InChI=1S/C10H10BrNO/c1-2-7-12-10(13)8-5-3-4-6-9(8)11/h2-6H,1,7H2,(H,12,13). The summed E-state index contributed by atoms with van der Waals surface area (Å²) in [7, 11) is 0. The summed E-state index contributed by atoms with van der Waals surface area (Å²) in [6, 6.07) is 7.30. The van der Waals surface area contributed by atoms with Crippen LogP contribution in [-0.2, 0) is 0 Å². The van der Waals surface area contributed by atoms with Crippen LogP contribution in [0.2, 0.25) is 0 Å². The molecule has 0 fully saturated rings. The minimum Gasteiger partial charge on any atom is -0.349 e. The molecule has 0 aliphatic rings. The summed E-state index contributed by atoms with van der Waals surface area (Å²) in [4.78, 5) is 11.4. The van der Waals surface area contributed by atoms with Crippen LogP contribution in [0.5, 0.6) is 0 Å². The molecule has 3 heteroatoms. The van der Waals surface area contributed by atoms with Gasteiger partial charge in [-0.2, -0.15) is 0 Å². The Morgan fingerprint density at radius 3 is 2.85 bits per heavy atom. The molecule has 0 aliphatic carbocycles. The Balaban J connectivity index is 2.76. The zero-order valence-electron chi connectivity index (χ0n) is 7.09. The van der Waals surface area contributed by atoms with Crippen LogP contribution in [0.4, 0.5) is 0 Å². The topological polar surface area (TPSA) is 29.1 Å². The van der Waals surface area contributed by atoms with E-state index in [4.69, 9.17) is 0 Å². The first kappa shape index (κ1) is 9.99. The molecule has 2 nitrogen and oxygen atoms in total. The molecule has 0 saturated carbocycles. The zero-order chi connectivity index (χ0) is 9.68. The summed E-state index contributed by atoms with van der Waals surface area (Å²) in [6.07, 6.45) is 1.65. The monoisotopic (exact) mass is 239 g/mol. The summed E-state index contributed by atoms with van der Waals surface area (Å²) in [5.74, 6) is -0.0904. The number of halogens is 1. The first-order valence-corrected chi connectivity index (χ1v) is 4.68. The average molecular weight is 240 g/mol. The van der Waals surface area contributed by atoms with Crippen molar-refractivity contribution in [1.82, 2.24) is 5.32 Å². The number of nitrogens with one attached hydrogen (secondary N) is 1. The number of hydrogen-bond donors (Lipinski definition) is 1. The molecule has 0 radical (unpaired) electrons. The Hall–Kier alpha value is -1.09. The maximum atomic E-state index is 11.4. The van der Waals surface area contributed by atoms with Gasteiger partial charge in [-0.25, -0.2) is 0 Å². The highest BCUT2D eigenvalue weighted by atomic mass is 79.9. The molecule has 1 rings (SSSR count). The van der Waals surface area contributed by atoms with Crippen molar-refractivity contribution in [3.05, 3.63) is 47.0 Å². The summed E-state index contributed by atoms with van der Waals surface area (Å²) in [5, 5.41) is 2.70. The highest BCUT2D eigenvalue weighted by Gasteiger charge is 2.06. The van der Waals surface area contributed by atoms with Gasteiger partial charge in [0.25, 0.3) is 5.91 Å². The summed E-state index contributed by atoms with van der Waals surface area (Å²) >= 11 is 3.30. The highest BCUT2D eigenvalue weighted by molar-refractivity contribution is 9.10. The molecule has 0 atom stereocenters. The zero-order valence-corrected chi connectivity index (χ0v) is 8.67. The van der Waals surface area contributed by atoms with Gasteiger partial charge in [0, 0.05) is 11.0 Å². The van der Waals surface area contributed by atoms with E-state index in [9.17, 15) is 4.79 Å². The quantitative estimate of drug-likeness (QED) is 0.807. The van der Waals surface area contributed by atoms with Gasteiger partial charge in [0.2, 0.25) is 0 Å². The van der Waals surface area contributed by atoms with Gasteiger partial charge in [-0.05, 0) is 28.1 Å². The van der Waals surface area contributed by atoms with E-state index in [0.29, 0.717) is 12.1 Å². The van der Waals surface area contributed by atoms with Crippen LogP contribution < -0.4 is 5.32 Å². The fourth-order valence-electron chi connectivity index (χ4n) is 0.905. The average Bonchev–Trinajstić information content (AvgIpc) is 2.15. The van der Waals surface area contributed by atoms with Gasteiger partial charge in [-0.15, -0.1) is 6.58 Å². The van der Waals surface area contributed by atoms with Gasteiger partial charge in [0.05, 0.1) is 5.56 Å². The fraction of sp³-hybridized carbons (Fsp3) is 0.100. The molecule has 13 heavy (non-hydrogen) atoms. The van der Waals surface area contributed by atoms with E-state index in [1.165, 1.54) is 0 Å². The van der Waals surface area contributed by atoms with Gasteiger partial charge in [0.15, 0.2) is 0 Å². The first-order valence-electron chi connectivity index (χ1n) is 3.89. The van der Waals surface area contributed by atoms with Gasteiger partial charge in [-0.3, -0.25) is 4.79 Å². The molecule has 0 saturated heterocycles. The predicted octanol–water partition coefficient (Wildman–Crippen LogP) is 2.36. The minimum absolute atomic E-state index is 0.0904. The highest BCUT2D eigenvalue weighted by Crippen LogP contribution is 2.15. The largest absolute Gasteiger partial charge is 0.349 e. The van der Waals surface area contributed by atoms with Crippen molar-refractivity contribution in [2.75, 3.05) is 6.54 Å². The molecular formula is C10H10BrNO. The van der Waals surface area contributed by atoms with E-state index in [1.807, 2.05) is 18.2 Å². The minimum atomic E-state index is -0.0904. The molecule has 1 aromatic carbocycles. The van der Waals surface area contributed by atoms with Crippen LogP contribution in [0.1, 0.15) is 10.4 Å². The van der Waals surface area contributed by atoms with Gasteiger partial charge in [0.1, 0.15) is 0 Å². The molecule has 1 aromatic rings. The second-order valence-corrected chi connectivity index (χ2v) is 3.33. The van der Waals surface area contributed by atoms with Crippen molar-refractivity contribution >= 4 is 21.8 Å². The lowest BCUT2D eigenvalue weighted by molar-refractivity contribution is 0.0957. The fourth-order valence-corrected chi connectivity index (χ4v) is 1.37. The Morgan fingerprint density at radius 2 is 2.23 bits per heavy atom. The molecule has 0 heterocycles. The van der Waals surface area contributed by atoms with Crippen molar-refractivity contribution in [2.45, 2.75) is 0 Å². The second-order valence-electron chi connectivity index (χ2n) is 2.48. The smallest absolute Gasteiger partial charge is 0.252 e.